The van der Waals surface area contributed by atoms with Gasteiger partial charge in [-0.2, -0.15) is 13.2 Å². The van der Waals surface area contributed by atoms with Gasteiger partial charge in [-0.15, -0.1) is 0 Å². The van der Waals surface area contributed by atoms with E-state index in [4.69, 9.17) is 35.7 Å². The van der Waals surface area contributed by atoms with Crippen LogP contribution in [0.25, 0.3) is 6.08 Å². The van der Waals surface area contributed by atoms with E-state index in [-0.39, 0.29) is 28.7 Å². The zero-order chi connectivity index (χ0) is 20.4. The number of carbonyl (C=O) groups is 1. The maximum absolute atomic E-state index is 13.1. The third kappa shape index (κ3) is 4.85. The molecule has 0 fully saturated rings. The number of alkyl halides is 3. The average Bonchev–Trinajstić information content (AvgIpc) is 2.60. The number of ether oxygens (including phenoxy) is 4. The summed E-state index contributed by atoms with van der Waals surface area (Å²) in [5, 5.41) is 9.13. The summed E-state index contributed by atoms with van der Waals surface area (Å²) < 4.78 is 60.1. The summed E-state index contributed by atoms with van der Waals surface area (Å²) in [6.07, 6.45) is -6.26. The van der Waals surface area contributed by atoms with Gasteiger partial charge in [-0.05, 0) is 19.1 Å². The molecule has 1 atom stereocenters. The highest BCUT2D eigenvalue weighted by molar-refractivity contribution is 6.32. The lowest BCUT2D eigenvalue weighted by Crippen LogP contribution is -2.40. The predicted octanol–water partition coefficient (Wildman–Crippen LogP) is 3.91. The van der Waals surface area contributed by atoms with Crippen molar-refractivity contribution in [3.63, 3.8) is 0 Å². The van der Waals surface area contributed by atoms with E-state index in [2.05, 4.69) is 0 Å². The maximum Gasteiger partial charge on any atom is 0.430 e. The van der Waals surface area contributed by atoms with Gasteiger partial charge in [-0.25, -0.2) is 4.79 Å². The smallest absolute Gasteiger partial charge is 0.430 e. The number of carboxylic acids is 1. The lowest BCUT2D eigenvalue weighted by molar-refractivity contribution is -0.200. The van der Waals surface area contributed by atoms with E-state index in [1.54, 1.807) is 6.92 Å². The molecule has 1 aliphatic heterocycles. The first kappa shape index (κ1) is 21.3. The largest absolute Gasteiger partial charge is 0.492 e. The van der Waals surface area contributed by atoms with Gasteiger partial charge < -0.3 is 24.1 Å². The van der Waals surface area contributed by atoms with Crippen molar-refractivity contribution in [1.29, 1.82) is 0 Å². The van der Waals surface area contributed by atoms with Gasteiger partial charge in [-0.1, -0.05) is 11.6 Å². The van der Waals surface area contributed by atoms with Crippen LogP contribution in [0, 0.1) is 0 Å². The van der Waals surface area contributed by atoms with E-state index in [9.17, 15) is 18.0 Å². The van der Waals surface area contributed by atoms with Gasteiger partial charge >= 0.3 is 12.1 Å². The van der Waals surface area contributed by atoms with Crippen molar-refractivity contribution in [2.75, 3.05) is 20.8 Å². The van der Waals surface area contributed by atoms with E-state index in [1.165, 1.54) is 26.4 Å². The third-order valence-corrected chi connectivity index (χ3v) is 4.42. The fraction of sp³-hybridized carbons (Fsp3) is 0.471. The molecule has 1 aromatic rings. The molecule has 1 heterocycles. The second kappa shape index (κ2) is 7.95. The number of hydrogen-bond acceptors (Lipinski definition) is 5. The minimum atomic E-state index is -4.89. The first-order valence-corrected chi connectivity index (χ1v) is 8.13. The van der Waals surface area contributed by atoms with Crippen LogP contribution in [-0.2, 0) is 14.3 Å². The van der Waals surface area contributed by atoms with Crippen molar-refractivity contribution in [3.8, 4) is 11.5 Å². The van der Waals surface area contributed by atoms with Crippen LogP contribution in [0.5, 0.6) is 11.5 Å². The molecule has 1 aliphatic rings. The lowest BCUT2D eigenvalue weighted by atomic mass is 10.0. The SMILES string of the molecule is COC(C)(CCOc1cc2c(cc1Cl)C=C(C(=O)O)C(C(F)(F)F)O2)OC. The van der Waals surface area contributed by atoms with E-state index >= 15 is 0 Å². The molecule has 0 saturated carbocycles. The number of halogens is 4. The first-order valence-electron chi connectivity index (χ1n) is 7.75. The van der Waals surface area contributed by atoms with Gasteiger partial charge in [0.1, 0.15) is 11.5 Å². The highest BCUT2D eigenvalue weighted by Gasteiger charge is 2.48. The molecule has 6 nitrogen and oxygen atoms in total. The topological polar surface area (TPSA) is 74.2 Å². The molecule has 0 spiro atoms. The Balaban J connectivity index is 2.26. The molecule has 0 aliphatic carbocycles. The van der Waals surface area contributed by atoms with Crippen LogP contribution >= 0.6 is 11.6 Å². The minimum absolute atomic E-state index is 0.0954. The quantitative estimate of drug-likeness (QED) is 0.687. The predicted molar refractivity (Wildman–Crippen MR) is 90.1 cm³/mol. The van der Waals surface area contributed by atoms with Crippen molar-refractivity contribution in [1.82, 2.24) is 0 Å². The zero-order valence-corrected chi connectivity index (χ0v) is 15.5. The molecule has 27 heavy (non-hydrogen) atoms. The summed E-state index contributed by atoms with van der Waals surface area (Å²) in [5.41, 5.74) is -0.806. The second-order valence-electron chi connectivity index (χ2n) is 5.91. The van der Waals surface area contributed by atoms with Gasteiger partial charge in [0.2, 0.25) is 6.10 Å². The zero-order valence-electron chi connectivity index (χ0n) is 14.7. The Bertz CT molecular complexity index is 743. The highest BCUT2D eigenvalue weighted by atomic mass is 35.5. The van der Waals surface area contributed by atoms with Crippen molar-refractivity contribution in [2.45, 2.75) is 31.4 Å². The maximum atomic E-state index is 13.1. The number of benzene rings is 1. The molecule has 2 rings (SSSR count). The van der Waals surface area contributed by atoms with Crippen LogP contribution in [0.2, 0.25) is 5.02 Å². The molecule has 0 bridgehead atoms. The van der Waals surface area contributed by atoms with Gasteiger partial charge in [-0.3, -0.25) is 0 Å². The average molecular weight is 411 g/mol. The Hall–Kier alpha value is -1.97. The molecule has 1 unspecified atom stereocenters. The Morgan fingerprint density at radius 3 is 2.44 bits per heavy atom. The fourth-order valence-electron chi connectivity index (χ4n) is 2.36. The first-order chi connectivity index (χ1) is 12.5. The lowest BCUT2D eigenvalue weighted by Gasteiger charge is -2.28. The number of aliphatic carboxylic acids is 1. The van der Waals surface area contributed by atoms with E-state index in [1.807, 2.05) is 0 Å². The Labute approximate surface area is 158 Å². The van der Waals surface area contributed by atoms with Crippen LogP contribution in [0.15, 0.2) is 17.7 Å². The number of fused-ring (bicyclic) bond motifs is 1. The number of carboxylic acid groups (broad SMARTS) is 1. The van der Waals surface area contributed by atoms with E-state index < -0.39 is 29.6 Å². The standard InChI is InChI=1S/C17H18ClF3O6/c1-16(24-2,25-3)4-5-26-13-8-12-9(7-11(13)18)6-10(15(22)23)14(27-12)17(19,20)21/h6-8,14H,4-5H2,1-3H3,(H,22,23). The van der Waals surface area contributed by atoms with Crippen molar-refractivity contribution < 1.29 is 42.0 Å². The summed E-state index contributed by atoms with van der Waals surface area (Å²) in [4.78, 5) is 11.1. The molecule has 0 amide bonds. The molecule has 1 aromatic carbocycles. The Morgan fingerprint density at radius 2 is 1.93 bits per heavy atom. The molecule has 0 saturated heterocycles. The molecular formula is C17H18ClF3O6. The number of methoxy groups -OCH3 is 2. The van der Waals surface area contributed by atoms with Crippen LogP contribution < -0.4 is 9.47 Å². The molecule has 1 N–H and O–H groups in total. The van der Waals surface area contributed by atoms with Crippen molar-refractivity contribution in [2.24, 2.45) is 0 Å². The van der Waals surface area contributed by atoms with Crippen LogP contribution in [0.1, 0.15) is 18.9 Å². The van der Waals surface area contributed by atoms with Crippen LogP contribution in [-0.4, -0.2) is 50.0 Å². The normalized spacial score (nSPS) is 17.0. The van der Waals surface area contributed by atoms with E-state index in [0.29, 0.717) is 6.42 Å². The van der Waals surface area contributed by atoms with Gasteiger partial charge in [0.25, 0.3) is 0 Å². The molecule has 150 valence electrons. The second-order valence-corrected chi connectivity index (χ2v) is 6.31. The molecule has 0 radical (unpaired) electrons. The monoisotopic (exact) mass is 410 g/mol. The Morgan fingerprint density at radius 1 is 1.30 bits per heavy atom. The van der Waals surface area contributed by atoms with Gasteiger partial charge in [0.15, 0.2) is 5.79 Å². The highest BCUT2D eigenvalue weighted by Crippen LogP contribution is 2.41. The molecular weight excluding hydrogens is 393 g/mol. The van der Waals surface area contributed by atoms with E-state index in [0.717, 1.165) is 6.08 Å². The fourth-order valence-corrected chi connectivity index (χ4v) is 2.59. The summed E-state index contributed by atoms with van der Waals surface area (Å²) >= 11 is 6.09. The number of hydrogen-bond donors (Lipinski definition) is 1. The van der Waals surface area contributed by atoms with Crippen molar-refractivity contribution >= 4 is 23.6 Å². The van der Waals surface area contributed by atoms with Crippen LogP contribution in [0.3, 0.4) is 0 Å². The summed E-state index contributed by atoms with van der Waals surface area (Å²) in [5.74, 6) is -2.70. The van der Waals surface area contributed by atoms with Crippen LogP contribution in [0.4, 0.5) is 13.2 Å². The Kier molecular flexibility index (Phi) is 6.28. The van der Waals surface area contributed by atoms with Gasteiger partial charge in [0, 0.05) is 32.3 Å². The molecule has 0 aromatic heterocycles. The third-order valence-electron chi connectivity index (χ3n) is 4.12. The number of rotatable bonds is 7. The summed E-state index contributed by atoms with van der Waals surface area (Å²) in [6.45, 7) is 1.80. The summed E-state index contributed by atoms with van der Waals surface area (Å²) in [7, 11) is 2.93. The van der Waals surface area contributed by atoms with Crippen molar-refractivity contribution in [3.05, 3.63) is 28.3 Å². The van der Waals surface area contributed by atoms with Gasteiger partial charge in [0.05, 0.1) is 17.2 Å². The minimum Gasteiger partial charge on any atom is -0.492 e. The molecule has 10 heteroatoms. The summed E-state index contributed by atoms with van der Waals surface area (Å²) in [6, 6.07) is 2.48.